The normalized spacial score (nSPS) is 16.0. The van der Waals surface area contributed by atoms with E-state index in [2.05, 4.69) is 20.0 Å². The summed E-state index contributed by atoms with van der Waals surface area (Å²) in [6.45, 7) is 0.263. The molecule has 0 radical (unpaired) electrons. The molecule has 176 valence electrons. The fourth-order valence-corrected chi connectivity index (χ4v) is 5.66. The molecule has 1 atom stereocenters. The highest BCUT2D eigenvalue weighted by molar-refractivity contribution is 7.93. The van der Waals surface area contributed by atoms with E-state index in [4.69, 9.17) is 4.74 Å². The standard InChI is InChI=1S/C21H16F3N5O3S2/c22-21(23,24)13-1-3-16(18(11-13)29-8-6-26-28-29)15-5-9-32-19-12-14(2-4-17(15)19)34(30,31)27-20-25-7-10-33-20/h1-4,6-8,10-12,15H,5,9H2,(H,25,27)/t15-/m1/s1. The van der Waals surface area contributed by atoms with Gasteiger partial charge in [0.1, 0.15) is 5.75 Å². The van der Waals surface area contributed by atoms with Crippen molar-refractivity contribution in [2.45, 2.75) is 23.4 Å². The molecule has 3 heterocycles. The second-order valence-electron chi connectivity index (χ2n) is 7.45. The van der Waals surface area contributed by atoms with Crippen LogP contribution < -0.4 is 9.46 Å². The van der Waals surface area contributed by atoms with E-state index in [-0.39, 0.29) is 28.2 Å². The molecular weight excluding hydrogens is 491 g/mol. The number of rotatable bonds is 5. The molecule has 0 saturated carbocycles. The van der Waals surface area contributed by atoms with Crippen LogP contribution in [0, 0.1) is 0 Å². The van der Waals surface area contributed by atoms with E-state index in [1.165, 1.54) is 41.5 Å². The summed E-state index contributed by atoms with van der Waals surface area (Å²) in [6.07, 6.45) is 0.312. The van der Waals surface area contributed by atoms with Gasteiger partial charge in [0.15, 0.2) is 5.13 Å². The van der Waals surface area contributed by atoms with E-state index in [9.17, 15) is 21.6 Å². The third-order valence-electron chi connectivity index (χ3n) is 5.39. The molecule has 1 aliphatic rings. The van der Waals surface area contributed by atoms with E-state index in [0.29, 0.717) is 23.3 Å². The van der Waals surface area contributed by atoms with E-state index < -0.39 is 21.8 Å². The minimum absolute atomic E-state index is 0.00832. The van der Waals surface area contributed by atoms with E-state index in [1.54, 1.807) is 11.4 Å². The molecule has 0 bridgehead atoms. The summed E-state index contributed by atoms with van der Waals surface area (Å²) in [5.74, 6) is 0.0108. The zero-order valence-electron chi connectivity index (χ0n) is 17.2. The molecular formula is C21H16F3N5O3S2. The first-order chi connectivity index (χ1) is 16.2. The van der Waals surface area contributed by atoms with Crippen molar-refractivity contribution in [3.8, 4) is 11.4 Å². The van der Waals surface area contributed by atoms with Crippen LogP contribution in [-0.2, 0) is 16.2 Å². The highest BCUT2D eigenvalue weighted by atomic mass is 32.2. The number of anilines is 1. The lowest BCUT2D eigenvalue weighted by Gasteiger charge is -2.28. The van der Waals surface area contributed by atoms with Gasteiger partial charge in [0.25, 0.3) is 10.0 Å². The van der Waals surface area contributed by atoms with Gasteiger partial charge < -0.3 is 4.74 Å². The maximum Gasteiger partial charge on any atom is 0.416 e. The number of ether oxygens (including phenoxy) is 1. The van der Waals surface area contributed by atoms with Gasteiger partial charge in [-0.1, -0.05) is 17.3 Å². The summed E-state index contributed by atoms with van der Waals surface area (Å²) in [5, 5.41) is 9.48. The molecule has 13 heteroatoms. The Labute approximate surface area is 196 Å². The van der Waals surface area contributed by atoms with Crippen molar-refractivity contribution >= 4 is 26.5 Å². The van der Waals surface area contributed by atoms with Gasteiger partial charge in [-0.15, -0.1) is 16.4 Å². The predicted molar refractivity (Wildman–Crippen MR) is 118 cm³/mol. The molecule has 0 aliphatic carbocycles. The third kappa shape index (κ3) is 4.23. The number of aromatic nitrogens is 4. The third-order valence-corrected chi connectivity index (χ3v) is 7.55. The number of alkyl halides is 3. The van der Waals surface area contributed by atoms with Gasteiger partial charge in [0.2, 0.25) is 0 Å². The fraction of sp³-hybridized carbons (Fsp3) is 0.190. The lowest BCUT2D eigenvalue weighted by Crippen LogP contribution is -2.19. The van der Waals surface area contributed by atoms with Gasteiger partial charge in [-0.05, 0) is 30.2 Å². The second kappa shape index (κ2) is 8.40. The van der Waals surface area contributed by atoms with Crippen LogP contribution in [-0.4, -0.2) is 35.0 Å². The van der Waals surface area contributed by atoms with Crippen LogP contribution in [0.3, 0.4) is 0 Å². The lowest BCUT2D eigenvalue weighted by molar-refractivity contribution is -0.137. The van der Waals surface area contributed by atoms with Crippen LogP contribution in [0.25, 0.3) is 5.69 Å². The number of fused-ring (bicyclic) bond motifs is 1. The SMILES string of the molecule is O=S(=O)(Nc1nccs1)c1ccc2c(c1)OCC[C@@H]2c1ccc(C(F)(F)F)cc1-n1ccnn1. The van der Waals surface area contributed by atoms with Crippen molar-refractivity contribution in [3.05, 3.63) is 77.1 Å². The van der Waals surface area contributed by atoms with Crippen LogP contribution in [0.5, 0.6) is 5.75 Å². The summed E-state index contributed by atoms with van der Waals surface area (Å²) in [4.78, 5) is 3.92. The zero-order chi connectivity index (χ0) is 23.9. The molecule has 1 N–H and O–H groups in total. The number of hydrogen-bond acceptors (Lipinski definition) is 7. The Kier molecular flexibility index (Phi) is 5.52. The highest BCUT2D eigenvalue weighted by Gasteiger charge is 2.33. The van der Waals surface area contributed by atoms with Crippen LogP contribution in [0.4, 0.5) is 18.3 Å². The van der Waals surface area contributed by atoms with E-state index in [1.807, 2.05) is 0 Å². The maximum absolute atomic E-state index is 13.4. The number of nitrogens with zero attached hydrogens (tertiary/aromatic N) is 4. The van der Waals surface area contributed by atoms with Crippen LogP contribution in [0.1, 0.15) is 29.0 Å². The molecule has 34 heavy (non-hydrogen) atoms. The molecule has 0 fully saturated rings. The van der Waals surface area contributed by atoms with Gasteiger partial charge >= 0.3 is 6.18 Å². The molecule has 4 aromatic rings. The Morgan fingerprint density at radius 1 is 1.12 bits per heavy atom. The molecule has 2 aromatic heterocycles. The Morgan fingerprint density at radius 2 is 1.94 bits per heavy atom. The van der Waals surface area contributed by atoms with Crippen molar-refractivity contribution in [1.29, 1.82) is 0 Å². The zero-order valence-corrected chi connectivity index (χ0v) is 18.9. The van der Waals surface area contributed by atoms with Crippen LogP contribution >= 0.6 is 11.3 Å². The molecule has 2 aromatic carbocycles. The first-order valence-corrected chi connectivity index (χ1v) is 12.4. The Bertz CT molecular complexity index is 1420. The molecule has 0 unspecified atom stereocenters. The molecule has 1 aliphatic heterocycles. The van der Waals surface area contributed by atoms with Crippen LogP contribution in [0.2, 0.25) is 0 Å². The summed E-state index contributed by atoms with van der Waals surface area (Å²) in [5.41, 5.74) is 0.705. The summed E-state index contributed by atoms with van der Waals surface area (Å²) in [7, 11) is -3.89. The maximum atomic E-state index is 13.4. The van der Waals surface area contributed by atoms with E-state index in [0.717, 1.165) is 23.5 Å². The Morgan fingerprint density at radius 3 is 2.65 bits per heavy atom. The predicted octanol–water partition coefficient (Wildman–Crippen LogP) is 4.46. The monoisotopic (exact) mass is 507 g/mol. The average molecular weight is 508 g/mol. The van der Waals surface area contributed by atoms with Crippen LogP contribution in [0.15, 0.2) is 65.3 Å². The molecule has 5 rings (SSSR count). The van der Waals surface area contributed by atoms with Crippen molar-refractivity contribution in [3.63, 3.8) is 0 Å². The first kappa shape index (κ1) is 22.3. The van der Waals surface area contributed by atoms with Gasteiger partial charge in [-0.3, -0.25) is 4.72 Å². The quantitative estimate of drug-likeness (QED) is 0.428. The van der Waals surface area contributed by atoms with E-state index >= 15 is 0 Å². The number of thiazole rings is 1. The van der Waals surface area contributed by atoms with Gasteiger partial charge in [-0.25, -0.2) is 18.1 Å². The number of nitrogens with one attached hydrogen (secondary N) is 1. The molecule has 8 nitrogen and oxygen atoms in total. The highest BCUT2D eigenvalue weighted by Crippen LogP contribution is 2.42. The van der Waals surface area contributed by atoms with Gasteiger partial charge in [0, 0.05) is 29.1 Å². The number of benzene rings is 2. The summed E-state index contributed by atoms with van der Waals surface area (Å²) >= 11 is 1.15. The summed E-state index contributed by atoms with van der Waals surface area (Å²) in [6, 6.07) is 7.97. The summed E-state index contributed by atoms with van der Waals surface area (Å²) < 4.78 is 75.1. The Balaban J connectivity index is 1.55. The van der Waals surface area contributed by atoms with Gasteiger partial charge in [0.05, 0.1) is 35.1 Å². The largest absolute Gasteiger partial charge is 0.493 e. The first-order valence-electron chi connectivity index (χ1n) is 9.99. The van der Waals surface area contributed by atoms with Gasteiger partial charge in [-0.2, -0.15) is 13.2 Å². The average Bonchev–Trinajstić information content (AvgIpc) is 3.51. The number of sulfonamides is 1. The molecule has 0 saturated heterocycles. The fourth-order valence-electron chi connectivity index (χ4n) is 3.86. The van der Waals surface area contributed by atoms with Crippen molar-refractivity contribution in [1.82, 2.24) is 20.0 Å². The smallest absolute Gasteiger partial charge is 0.416 e. The van der Waals surface area contributed by atoms with Crippen molar-refractivity contribution in [2.75, 3.05) is 11.3 Å². The lowest BCUT2D eigenvalue weighted by atomic mass is 9.85. The molecule has 0 spiro atoms. The minimum atomic E-state index is -4.52. The second-order valence-corrected chi connectivity index (χ2v) is 10.0. The van der Waals surface area contributed by atoms with Crippen molar-refractivity contribution in [2.24, 2.45) is 0 Å². The topological polar surface area (TPSA) is 99.0 Å². The van der Waals surface area contributed by atoms with Crippen molar-refractivity contribution < 1.29 is 26.3 Å². The minimum Gasteiger partial charge on any atom is -0.493 e. The number of halogens is 3. The number of hydrogen-bond donors (Lipinski definition) is 1. The Hall–Kier alpha value is -3.45. The molecule has 0 amide bonds.